The van der Waals surface area contributed by atoms with Gasteiger partial charge in [0.15, 0.2) is 0 Å². The van der Waals surface area contributed by atoms with Gasteiger partial charge in [0, 0.05) is 26.2 Å². The molecular formula is C15H18F4N2O. The van der Waals surface area contributed by atoms with Crippen LogP contribution in [0.4, 0.5) is 17.6 Å². The molecule has 1 aliphatic rings. The van der Waals surface area contributed by atoms with Crippen molar-refractivity contribution in [2.45, 2.75) is 18.6 Å². The summed E-state index contributed by atoms with van der Waals surface area (Å²) in [5.74, 6) is -0.294. The number of nitrogens with zero attached hydrogens (tertiary/aromatic N) is 1. The van der Waals surface area contributed by atoms with E-state index in [4.69, 9.17) is 0 Å². The summed E-state index contributed by atoms with van der Waals surface area (Å²) in [6, 6.07) is 5.66. The van der Waals surface area contributed by atoms with Crippen LogP contribution in [-0.2, 0) is 0 Å². The van der Waals surface area contributed by atoms with Gasteiger partial charge in [-0.25, -0.2) is 0 Å². The molecule has 3 nitrogen and oxygen atoms in total. The molecule has 1 aliphatic heterocycles. The summed E-state index contributed by atoms with van der Waals surface area (Å²) in [6.45, 7) is 7.23. The van der Waals surface area contributed by atoms with E-state index in [0.29, 0.717) is 0 Å². The lowest BCUT2D eigenvalue weighted by Crippen LogP contribution is -2.44. The Labute approximate surface area is 126 Å². The van der Waals surface area contributed by atoms with Crippen molar-refractivity contribution in [3.05, 3.63) is 42.5 Å². The molecule has 1 aromatic rings. The molecule has 1 heterocycles. The van der Waals surface area contributed by atoms with Gasteiger partial charge in [0.1, 0.15) is 5.75 Å². The number of piperazine rings is 1. The molecule has 0 radical (unpaired) electrons. The van der Waals surface area contributed by atoms with E-state index in [2.05, 4.69) is 21.5 Å². The maximum absolute atomic E-state index is 12.8. The summed E-state index contributed by atoms with van der Waals surface area (Å²) in [5.41, 5.74) is 0.851. The van der Waals surface area contributed by atoms with Gasteiger partial charge < -0.3 is 10.1 Å². The zero-order valence-electron chi connectivity index (χ0n) is 11.9. The quantitative estimate of drug-likeness (QED) is 0.644. The molecule has 0 amide bonds. The normalized spacial score (nSPS) is 18.2. The molecule has 0 spiro atoms. The number of halogens is 4. The molecule has 7 heteroatoms. The number of alkyl halides is 4. The highest BCUT2D eigenvalue weighted by atomic mass is 19.3. The fraction of sp³-hybridized carbons (Fsp3) is 0.467. The lowest BCUT2D eigenvalue weighted by atomic mass is 10.0. The van der Waals surface area contributed by atoms with Crippen molar-refractivity contribution in [2.24, 2.45) is 0 Å². The first-order chi connectivity index (χ1) is 10.4. The number of ether oxygens (including phenoxy) is 1. The van der Waals surface area contributed by atoms with Gasteiger partial charge in [-0.15, -0.1) is 6.58 Å². The summed E-state index contributed by atoms with van der Waals surface area (Å²) in [4.78, 5) is 2.20. The number of hydrogen-bond donors (Lipinski definition) is 1. The van der Waals surface area contributed by atoms with Crippen LogP contribution >= 0.6 is 0 Å². The zero-order chi connectivity index (χ0) is 16.2. The fourth-order valence-corrected chi connectivity index (χ4v) is 2.39. The molecule has 22 heavy (non-hydrogen) atoms. The van der Waals surface area contributed by atoms with E-state index in [1.807, 2.05) is 0 Å². The second kappa shape index (κ2) is 7.11. The highest BCUT2D eigenvalue weighted by Gasteiger charge is 2.43. The van der Waals surface area contributed by atoms with Gasteiger partial charge >= 0.3 is 12.5 Å². The third kappa shape index (κ3) is 3.98. The predicted molar refractivity (Wildman–Crippen MR) is 75.4 cm³/mol. The van der Waals surface area contributed by atoms with Crippen LogP contribution in [0.1, 0.15) is 11.6 Å². The van der Waals surface area contributed by atoms with Gasteiger partial charge in [-0.3, -0.25) is 4.90 Å². The van der Waals surface area contributed by atoms with Crippen molar-refractivity contribution in [1.29, 1.82) is 0 Å². The van der Waals surface area contributed by atoms with Crippen LogP contribution in [0.25, 0.3) is 0 Å². The van der Waals surface area contributed by atoms with Crippen LogP contribution in [0.5, 0.6) is 5.75 Å². The van der Waals surface area contributed by atoms with Crippen LogP contribution < -0.4 is 10.1 Å². The Morgan fingerprint density at radius 3 is 2.27 bits per heavy atom. The van der Waals surface area contributed by atoms with E-state index >= 15 is 0 Å². The molecule has 122 valence electrons. The lowest BCUT2D eigenvalue weighted by molar-refractivity contribution is -0.253. The largest absolute Gasteiger partial charge is 0.461 e. The first-order valence-corrected chi connectivity index (χ1v) is 6.96. The van der Waals surface area contributed by atoms with E-state index in [1.165, 1.54) is 12.1 Å². The summed E-state index contributed by atoms with van der Waals surface area (Å²) in [6.07, 6.45) is -6.58. The minimum absolute atomic E-state index is 0.0493. The Balaban J connectivity index is 2.08. The topological polar surface area (TPSA) is 24.5 Å². The molecule has 0 unspecified atom stereocenters. The summed E-state index contributed by atoms with van der Waals surface area (Å²) in [5, 5.41) is 3.24. The van der Waals surface area contributed by atoms with Gasteiger partial charge in [0.25, 0.3) is 0 Å². The fourth-order valence-electron chi connectivity index (χ4n) is 2.39. The van der Waals surface area contributed by atoms with E-state index in [9.17, 15) is 17.6 Å². The number of rotatable bonds is 6. The highest BCUT2D eigenvalue weighted by molar-refractivity contribution is 5.31. The maximum Gasteiger partial charge on any atom is 0.461 e. The van der Waals surface area contributed by atoms with E-state index in [0.717, 1.165) is 31.7 Å². The van der Waals surface area contributed by atoms with Gasteiger partial charge in [-0.2, -0.15) is 17.6 Å². The van der Waals surface area contributed by atoms with Gasteiger partial charge in [0.2, 0.25) is 0 Å². The smallest absolute Gasteiger partial charge is 0.428 e. The third-order valence-electron chi connectivity index (χ3n) is 3.50. The standard InChI is InChI=1S/C15H18F4N2O/c1-2-13(21-9-7-20-8-10-21)11-3-5-12(6-4-11)22-15(18,19)14(16)17/h2-6,13-14,20H,1,7-10H2/t13-/m0/s1. The monoisotopic (exact) mass is 318 g/mol. The number of hydrogen-bond acceptors (Lipinski definition) is 3. The lowest BCUT2D eigenvalue weighted by Gasteiger charge is -2.33. The van der Waals surface area contributed by atoms with Gasteiger partial charge in [0.05, 0.1) is 6.04 Å². The second-order valence-corrected chi connectivity index (χ2v) is 5.00. The van der Waals surface area contributed by atoms with Gasteiger partial charge in [-0.1, -0.05) is 18.2 Å². The first-order valence-electron chi connectivity index (χ1n) is 6.96. The third-order valence-corrected chi connectivity index (χ3v) is 3.50. The van der Waals surface area contributed by atoms with Crippen LogP contribution in [0.15, 0.2) is 36.9 Å². The summed E-state index contributed by atoms with van der Waals surface area (Å²) < 4.78 is 53.9. The molecule has 2 rings (SSSR count). The van der Waals surface area contributed by atoms with Crippen molar-refractivity contribution >= 4 is 0 Å². The van der Waals surface area contributed by atoms with Crippen LogP contribution in [0, 0.1) is 0 Å². The number of benzene rings is 1. The Morgan fingerprint density at radius 2 is 1.77 bits per heavy atom. The Kier molecular flexibility index (Phi) is 5.42. The number of nitrogens with one attached hydrogen (secondary N) is 1. The summed E-state index contributed by atoms with van der Waals surface area (Å²) >= 11 is 0. The van der Waals surface area contributed by atoms with Crippen LogP contribution in [-0.4, -0.2) is 43.6 Å². The Hall–Kier alpha value is -1.60. The van der Waals surface area contributed by atoms with Crippen molar-refractivity contribution in [2.75, 3.05) is 26.2 Å². The molecule has 0 aliphatic carbocycles. The van der Waals surface area contributed by atoms with Gasteiger partial charge in [-0.05, 0) is 17.7 Å². The minimum Gasteiger partial charge on any atom is -0.428 e. The second-order valence-electron chi connectivity index (χ2n) is 5.00. The van der Waals surface area contributed by atoms with E-state index in [1.54, 1.807) is 18.2 Å². The molecule has 1 fully saturated rings. The average molecular weight is 318 g/mol. The molecule has 0 aromatic heterocycles. The van der Waals surface area contributed by atoms with Crippen molar-refractivity contribution in [3.8, 4) is 5.75 Å². The van der Waals surface area contributed by atoms with Crippen molar-refractivity contribution in [1.82, 2.24) is 10.2 Å². The maximum atomic E-state index is 12.8. The van der Waals surface area contributed by atoms with Crippen LogP contribution in [0.3, 0.4) is 0 Å². The molecule has 1 saturated heterocycles. The average Bonchev–Trinajstić information content (AvgIpc) is 2.50. The molecule has 1 aromatic carbocycles. The Morgan fingerprint density at radius 1 is 1.18 bits per heavy atom. The summed E-state index contributed by atoms with van der Waals surface area (Å²) in [7, 11) is 0. The minimum atomic E-state index is -4.49. The molecule has 1 N–H and O–H groups in total. The molecule has 1 atom stereocenters. The highest BCUT2D eigenvalue weighted by Crippen LogP contribution is 2.29. The van der Waals surface area contributed by atoms with E-state index in [-0.39, 0.29) is 11.8 Å². The van der Waals surface area contributed by atoms with Crippen molar-refractivity contribution in [3.63, 3.8) is 0 Å². The molecule has 0 saturated carbocycles. The van der Waals surface area contributed by atoms with Crippen LogP contribution in [0.2, 0.25) is 0 Å². The van der Waals surface area contributed by atoms with E-state index < -0.39 is 12.5 Å². The molecular weight excluding hydrogens is 300 g/mol. The zero-order valence-corrected chi connectivity index (χ0v) is 11.9. The SMILES string of the molecule is C=C[C@@H](c1ccc(OC(F)(F)C(F)F)cc1)N1CCNCC1. The predicted octanol–water partition coefficient (Wildman–Crippen LogP) is 3.06. The molecule has 0 bridgehead atoms. The van der Waals surface area contributed by atoms with Crippen molar-refractivity contribution < 1.29 is 22.3 Å². The Bertz CT molecular complexity index is 487. The first kappa shape index (κ1) is 16.8.